The number of carbonyl (C=O) groups excluding carboxylic acids is 1. The van der Waals surface area contributed by atoms with Crippen molar-refractivity contribution in [1.82, 2.24) is 10.2 Å². The number of para-hydroxylation sites is 1. The number of likely N-dealkylation sites (N-methyl/N-ethyl adjacent to an activating group) is 1. The molecule has 2 heterocycles. The molecule has 1 fully saturated rings. The van der Waals surface area contributed by atoms with E-state index in [1.807, 2.05) is 30.3 Å². The van der Waals surface area contributed by atoms with Gasteiger partial charge >= 0.3 is 0 Å². The molecule has 4 aromatic rings. The lowest BCUT2D eigenvalue weighted by molar-refractivity contribution is 0.0787. The fourth-order valence-electron chi connectivity index (χ4n) is 7.46. The number of anilines is 1. The number of nitrogens with zero attached hydrogens (tertiary/aromatic N) is 2. The first-order valence-electron chi connectivity index (χ1n) is 15.1. The molecular formula is C35H36Cl2FN3O3S. The third-order valence-electron chi connectivity index (χ3n) is 9.48. The fourth-order valence-corrected chi connectivity index (χ4v) is 9.63. The second-order valence-electron chi connectivity index (χ2n) is 12.3. The second kappa shape index (κ2) is 12.6. The van der Waals surface area contributed by atoms with E-state index in [2.05, 4.69) is 16.3 Å². The Morgan fingerprint density at radius 2 is 1.69 bits per heavy atom. The summed E-state index contributed by atoms with van der Waals surface area (Å²) in [5, 5.41) is 4.49. The number of nitrogens with one attached hydrogen (secondary N) is 1. The summed E-state index contributed by atoms with van der Waals surface area (Å²) < 4.78 is 41.7. The van der Waals surface area contributed by atoms with Gasteiger partial charge in [0.15, 0.2) is 9.84 Å². The first-order valence-corrected chi connectivity index (χ1v) is 17.9. The lowest BCUT2D eigenvalue weighted by atomic mass is 9.74. The zero-order valence-corrected chi connectivity index (χ0v) is 27.6. The topological polar surface area (TPSA) is 69.7 Å². The van der Waals surface area contributed by atoms with Gasteiger partial charge in [0.1, 0.15) is 11.2 Å². The molecule has 0 aromatic heterocycles. The van der Waals surface area contributed by atoms with E-state index < -0.39 is 20.6 Å². The van der Waals surface area contributed by atoms with Crippen molar-refractivity contribution >= 4 is 55.4 Å². The standard InChI is InChI=1S/C35H36Cl2FN3O3S/c1-40(33(42)27-12-14-31(38)26-8-4-3-7-25(26)27)22-24(23-11-13-29(36)30(37)21-23)15-20-41-32-10-6-5-9-28(32)35(16-18-39-19-17-35)34(41)45(2,43)44/h3-14,21,24,34,39H,15-20,22H2,1-2H3/t24-,34?/m1/s1. The summed E-state index contributed by atoms with van der Waals surface area (Å²) in [7, 11) is -1.75. The minimum atomic E-state index is -3.48. The summed E-state index contributed by atoms with van der Waals surface area (Å²) in [6.07, 6.45) is 3.36. The van der Waals surface area contributed by atoms with E-state index in [0.717, 1.165) is 42.7 Å². The van der Waals surface area contributed by atoms with Crippen LogP contribution in [0.5, 0.6) is 0 Å². The van der Waals surface area contributed by atoms with Gasteiger partial charge in [-0.15, -0.1) is 0 Å². The Hall–Kier alpha value is -3.17. The molecule has 1 amide bonds. The smallest absolute Gasteiger partial charge is 0.254 e. The van der Waals surface area contributed by atoms with Crippen LogP contribution in [-0.4, -0.2) is 64.1 Å². The largest absolute Gasteiger partial charge is 0.354 e. The van der Waals surface area contributed by atoms with E-state index in [1.54, 1.807) is 42.3 Å². The minimum Gasteiger partial charge on any atom is -0.354 e. The molecule has 2 atom stereocenters. The van der Waals surface area contributed by atoms with Crippen molar-refractivity contribution in [2.75, 3.05) is 44.4 Å². The molecular weight excluding hydrogens is 632 g/mol. The summed E-state index contributed by atoms with van der Waals surface area (Å²) in [5.41, 5.74) is 2.85. The number of hydrogen-bond acceptors (Lipinski definition) is 5. The number of amides is 1. The van der Waals surface area contributed by atoms with Gasteiger partial charge < -0.3 is 15.1 Å². The fraction of sp³-hybridized carbons (Fsp3) is 0.343. The van der Waals surface area contributed by atoms with Gasteiger partial charge in [-0.2, -0.15) is 0 Å². The molecule has 1 saturated heterocycles. The van der Waals surface area contributed by atoms with Crippen LogP contribution in [0, 0.1) is 5.82 Å². The van der Waals surface area contributed by atoms with E-state index in [1.165, 1.54) is 18.4 Å². The maximum atomic E-state index is 14.5. The van der Waals surface area contributed by atoms with Crippen LogP contribution in [0.1, 0.15) is 46.7 Å². The lowest BCUT2D eigenvalue weighted by Gasteiger charge is -2.41. The molecule has 4 aromatic carbocycles. The molecule has 10 heteroatoms. The Labute approximate surface area is 274 Å². The highest BCUT2D eigenvalue weighted by Crippen LogP contribution is 2.52. The average molecular weight is 669 g/mol. The Bertz CT molecular complexity index is 1860. The molecule has 236 valence electrons. The number of hydrogen-bond donors (Lipinski definition) is 1. The van der Waals surface area contributed by atoms with Crippen molar-refractivity contribution in [3.8, 4) is 0 Å². The summed E-state index contributed by atoms with van der Waals surface area (Å²) in [4.78, 5) is 17.5. The predicted molar refractivity (Wildman–Crippen MR) is 181 cm³/mol. The molecule has 1 N–H and O–H groups in total. The first-order chi connectivity index (χ1) is 21.5. The van der Waals surface area contributed by atoms with Crippen LogP contribution in [0.15, 0.2) is 78.9 Å². The van der Waals surface area contributed by atoms with Crippen molar-refractivity contribution in [1.29, 1.82) is 0 Å². The van der Waals surface area contributed by atoms with Gasteiger partial charge in [-0.1, -0.05) is 71.7 Å². The molecule has 2 aliphatic heterocycles. The molecule has 1 unspecified atom stereocenters. The molecule has 0 aliphatic carbocycles. The van der Waals surface area contributed by atoms with E-state index >= 15 is 0 Å². The number of benzene rings is 4. The molecule has 0 radical (unpaired) electrons. The highest BCUT2D eigenvalue weighted by Gasteiger charge is 2.55. The van der Waals surface area contributed by atoms with Gasteiger partial charge in [-0.25, -0.2) is 12.8 Å². The lowest BCUT2D eigenvalue weighted by Crippen LogP contribution is -2.54. The highest BCUT2D eigenvalue weighted by molar-refractivity contribution is 7.91. The van der Waals surface area contributed by atoms with E-state index in [0.29, 0.717) is 45.9 Å². The van der Waals surface area contributed by atoms with Crippen molar-refractivity contribution in [3.05, 3.63) is 111 Å². The number of rotatable bonds is 8. The number of piperidine rings is 1. The third-order valence-corrected chi connectivity index (χ3v) is 11.7. The summed E-state index contributed by atoms with van der Waals surface area (Å²) >= 11 is 12.7. The van der Waals surface area contributed by atoms with Crippen LogP contribution in [0.25, 0.3) is 10.8 Å². The van der Waals surface area contributed by atoms with E-state index in [9.17, 15) is 17.6 Å². The van der Waals surface area contributed by atoms with Crippen LogP contribution in [0.3, 0.4) is 0 Å². The normalized spacial score (nSPS) is 18.2. The predicted octanol–water partition coefficient (Wildman–Crippen LogP) is 7.04. The summed E-state index contributed by atoms with van der Waals surface area (Å²) in [6, 6.07) is 23.3. The molecule has 45 heavy (non-hydrogen) atoms. The van der Waals surface area contributed by atoms with Crippen LogP contribution in [0.4, 0.5) is 10.1 Å². The molecule has 0 bridgehead atoms. The average Bonchev–Trinajstić information content (AvgIpc) is 3.30. The minimum absolute atomic E-state index is 0.197. The molecule has 0 saturated carbocycles. The van der Waals surface area contributed by atoms with Gasteiger partial charge in [0, 0.05) is 54.4 Å². The van der Waals surface area contributed by atoms with Crippen molar-refractivity contribution < 1.29 is 17.6 Å². The maximum absolute atomic E-state index is 14.5. The highest BCUT2D eigenvalue weighted by atomic mass is 35.5. The maximum Gasteiger partial charge on any atom is 0.254 e. The molecule has 1 spiro atoms. The Morgan fingerprint density at radius 1 is 1.00 bits per heavy atom. The van der Waals surface area contributed by atoms with Gasteiger partial charge in [0.05, 0.1) is 10.0 Å². The molecule has 2 aliphatic rings. The summed E-state index contributed by atoms with van der Waals surface area (Å²) in [6.45, 7) is 2.29. The number of carbonyl (C=O) groups is 1. The Morgan fingerprint density at radius 3 is 2.40 bits per heavy atom. The zero-order valence-electron chi connectivity index (χ0n) is 25.3. The van der Waals surface area contributed by atoms with Crippen molar-refractivity contribution in [3.63, 3.8) is 0 Å². The number of sulfone groups is 1. The van der Waals surface area contributed by atoms with Crippen LogP contribution >= 0.6 is 23.2 Å². The van der Waals surface area contributed by atoms with Crippen LogP contribution in [-0.2, 0) is 15.3 Å². The van der Waals surface area contributed by atoms with E-state index in [-0.39, 0.29) is 17.6 Å². The van der Waals surface area contributed by atoms with E-state index in [4.69, 9.17) is 23.2 Å². The Balaban J connectivity index is 1.33. The number of halogens is 3. The van der Waals surface area contributed by atoms with Crippen LogP contribution in [0.2, 0.25) is 10.0 Å². The summed E-state index contributed by atoms with van der Waals surface area (Å²) in [5.74, 6) is -0.806. The van der Waals surface area contributed by atoms with Crippen LogP contribution < -0.4 is 10.2 Å². The SMILES string of the molecule is CN(C[C@@H](CCN1c2ccccc2C2(CCNCC2)C1S(C)(=O)=O)c1ccc(Cl)c(Cl)c1)C(=O)c1ccc(F)c2ccccc12. The van der Waals surface area contributed by atoms with Gasteiger partial charge in [-0.3, -0.25) is 4.79 Å². The van der Waals surface area contributed by atoms with Gasteiger partial charge in [-0.05, 0) is 79.2 Å². The molecule has 6 nitrogen and oxygen atoms in total. The van der Waals surface area contributed by atoms with Gasteiger partial charge in [0.25, 0.3) is 5.91 Å². The first kappa shape index (κ1) is 31.8. The zero-order chi connectivity index (χ0) is 31.9. The van der Waals surface area contributed by atoms with Crippen molar-refractivity contribution in [2.45, 2.75) is 36.0 Å². The second-order valence-corrected chi connectivity index (χ2v) is 15.2. The quantitative estimate of drug-likeness (QED) is 0.218. The Kier molecular flexibility index (Phi) is 8.87. The monoisotopic (exact) mass is 667 g/mol. The van der Waals surface area contributed by atoms with Crippen molar-refractivity contribution in [2.24, 2.45) is 0 Å². The number of fused-ring (bicyclic) bond motifs is 3. The third kappa shape index (κ3) is 5.94. The molecule has 6 rings (SSSR count). The van der Waals surface area contributed by atoms with Gasteiger partial charge in [0.2, 0.25) is 0 Å².